The number of benzene rings is 3. The predicted octanol–water partition coefficient (Wildman–Crippen LogP) is 7.38. The van der Waals surface area contributed by atoms with Gasteiger partial charge in [-0.3, -0.25) is 0 Å². The fraction of sp³-hybridized carbons (Fsp3) is 0. The van der Waals surface area contributed by atoms with Crippen molar-refractivity contribution in [2.45, 2.75) is 0 Å². The van der Waals surface area contributed by atoms with Crippen LogP contribution in [0.3, 0.4) is 0 Å². The summed E-state index contributed by atoms with van der Waals surface area (Å²) in [6.07, 6.45) is 0. The molecule has 1 aromatic heterocycles. The van der Waals surface area contributed by atoms with Gasteiger partial charge < -0.3 is 0 Å². The van der Waals surface area contributed by atoms with E-state index in [1.54, 1.807) is 0 Å². The first-order valence-corrected chi connectivity index (χ1v) is 9.95. The van der Waals surface area contributed by atoms with Gasteiger partial charge >= 0.3 is 0 Å². The molecule has 0 aliphatic carbocycles. The van der Waals surface area contributed by atoms with Gasteiger partial charge in [0.1, 0.15) is 0 Å². The molecule has 26 heavy (non-hydrogen) atoms. The average molecular weight is 489 g/mol. The van der Waals surface area contributed by atoms with E-state index in [0.29, 0.717) is 5.02 Å². The van der Waals surface area contributed by atoms with Crippen molar-refractivity contribution < 1.29 is 0 Å². The van der Waals surface area contributed by atoms with Crippen LogP contribution in [0, 0.1) is 0 Å². The second-order valence-corrected chi connectivity index (χ2v) is 8.03. The Bertz CT molecular complexity index is 1050. The summed E-state index contributed by atoms with van der Waals surface area (Å²) in [5.74, 6) is 0. The van der Waals surface area contributed by atoms with Crippen molar-refractivity contribution in [3.8, 4) is 28.2 Å². The lowest BCUT2D eigenvalue weighted by Gasteiger charge is -2.09. The lowest BCUT2D eigenvalue weighted by atomic mass is 10.1. The fourth-order valence-electron chi connectivity index (χ4n) is 2.78. The number of hydrogen-bond donors (Lipinski definition) is 0. The van der Waals surface area contributed by atoms with Crippen LogP contribution in [-0.4, -0.2) is 9.78 Å². The van der Waals surface area contributed by atoms with E-state index in [0.717, 1.165) is 37.1 Å². The van der Waals surface area contributed by atoms with Crippen molar-refractivity contribution in [1.82, 2.24) is 9.78 Å². The maximum absolute atomic E-state index is 6.44. The molecule has 0 fully saturated rings. The van der Waals surface area contributed by atoms with E-state index >= 15 is 0 Å². The van der Waals surface area contributed by atoms with Crippen molar-refractivity contribution in [1.29, 1.82) is 0 Å². The molecular weight excluding hydrogens is 476 g/mol. The third kappa shape index (κ3) is 3.50. The normalized spacial score (nSPS) is 10.9. The van der Waals surface area contributed by atoms with Crippen LogP contribution >= 0.6 is 43.5 Å². The summed E-state index contributed by atoms with van der Waals surface area (Å²) in [5, 5.41) is 5.51. The van der Waals surface area contributed by atoms with Gasteiger partial charge in [0.05, 0.1) is 22.1 Å². The van der Waals surface area contributed by atoms with E-state index in [4.69, 9.17) is 16.7 Å². The first-order valence-electron chi connectivity index (χ1n) is 7.99. The van der Waals surface area contributed by atoms with Gasteiger partial charge in [0.15, 0.2) is 0 Å². The van der Waals surface area contributed by atoms with Gasteiger partial charge in [-0.25, -0.2) is 4.68 Å². The van der Waals surface area contributed by atoms with Gasteiger partial charge in [-0.1, -0.05) is 79.9 Å². The van der Waals surface area contributed by atoms with Crippen molar-refractivity contribution in [2.24, 2.45) is 0 Å². The zero-order valence-corrected chi connectivity index (χ0v) is 17.5. The molecule has 0 amide bonds. The molecule has 0 N–H and O–H groups in total. The Hall–Kier alpha value is -1.88. The van der Waals surface area contributed by atoms with Crippen LogP contribution < -0.4 is 0 Å². The van der Waals surface area contributed by atoms with Crippen LogP contribution in [0.4, 0.5) is 0 Å². The van der Waals surface area contributed by atoms with Crippen LogP contribution in [0.2, 0.25) is 5.02 Å². The standard InChI is InChI=1S/C21H13Br2ClN2/c22-16-9-5-14(6-10-16)19-13-21(15-7-11-17(23)12-8-15)26(25-19)20-4-2-1-3-18(20)24/h1-13H. The fourth-order valence-corrected chi connectivity index (χ4v) is 3.52. The highest BCUT2D eigenvalue weighted by Gasteiger charge is 2.15. The van der Waals surface area contributed by atoms with Gasteiger partial charge in [-0.15, -0.1) is 0 Å². The van der Waals surface area contributed by atoms with Gasteiger partial charge in [-0.2, -0.15) is 5.10 Å². The molecule has 0 unspecified atom stereocenters. The zero-order valence-electron chi connectivity index (χ0n) is 13.5. The molecule has 4 aromatic rings. The Morgan fingerprint density at radius 3 is 1.92 bits per heavy atom. The maximum Gasteiger partial charge on any atom is 0.0934 e. The van der Waals surface area contributed by atoms with E-state index in [-0.39, 0.29) is 0 Å². The van der Waals surface area contributed by atoms with E-state index in [2.05, 4.69) is 62.2 Å². The molecule has 1 heterocycles. The number of aromatic nitrogens is 2. The largest absolute Gasteiger partial charge is 0.231 e. The molecule has 0 aliphatic heterocycles. The van der Waals surface area contributed by atoms with Crippen LogP contribution in [-0.2, 0) is 0 Å². The summed E-state index contributed by atoms with van der Waals surface area (Å²) in [6.45, 7) is 0. The Kier molecular flexibility index (Phi) is 4.98. The van der Waals surface area contributed by atoms with Crippen molar-refractivity contribution in [2.75, 3.05) is 0 Å². The number of nitrogens with zero attached hydrogens (tertiary/aromatic N) is 2. The molecule has 2 nitrogen and oxygen atoms in total. The topological polar surface area (TPSA) is 17.8 Å². The summed E-state index contributed by atoms with van der Waals surface area (Å²) in [5.41, 5.74) is 4.87. The highest BCUT2D eigenvalue weighted by molar-refractivity contribution is 9.10. The molecule has 0 bridgehead atoms. The Labute approximate surface area is 173 Å². The minimum atomic E-state index is 0.663. The number of para-hydroxylation sites is 1. The van der Waals surface area contributed by atoms with Gasteiger partial charge in [0.25, 0.3) is 0 Å². The van der Waals surface area contributed by atoms with Crippen LogP contribution in [0.25, 0.3) is 28.2 Å². The Morgan fingerprint density at radius 1 is 0.731 bits per heavy atom. The monoisotopic (exact) mass is 486 g/mol. The van der Waals surface area contributed by atoms with E-state index in [1.165, 1.54) is 0 Å². The highest BCUT2D eigenvalue weighted by atomic mass is 79.9. The summed E-state index contributed by atoms with van der Waals surface area (Å²) in [4.78, 5) is 0. The van der Waals surface area contributed by atoms with E-state index < -0.39 is 0 Å². The predicted molar refractivity (Wildman–Crippen MR) is 115 cm³/mol. The molecule has 0 spiro atoms. The third-order valence-corrected chi connectivity index (χ3v) is 5.45. The third-order valence-electron chi connectivity index (χ3n) is 4.07. The van der Waals surface area contributed by atoms with Crippen molar-refractivity contribution in [3.63, 3.8) is 0 Å². The molecule has 0 atom stereocenters. The van der Waals surface area contributed by atoms with Crippen LogP contribution in [0.15, 0.2) is 87.8 Å². The molecule has 5 heteroatoms. The number of hydrogen-bond acceptors (Lipinski definition) is 1. The first-order chi connectivity index (χ1) is 12.6. The lowest BCUT2D eigenvalue weighted by Crippen LogP contribution is -2.00. The number of rotatable bonds is 3. The summed E-state index contributed by atoms with van der Waals surface area (Å²) >= 11 is 13.4. The van der Waals surface area contributed by atoms with Gasteiger partial charge in [-0.05, 0) is 42.5 Å². The van der Waals surface area contributed by atoms with Crippen molar-refractivity contribution >= 4 is 43.5 Å². The highest BCUT2D eigenvalue weighted by Crippen LogP contribution is 2.32. The zero-order chi connectivity index (χ0) is 18.1. The Balaban J connectivity index is 1.92. The van der Waals surface area contributed by atoms with Gasteiger partial charge in [0.2, 0.25) is 0 Å². The van der Waals surface area contributed by atoms with Crippen LogP contribution in [0.1, 0.15) is 0 Å². The SMILES string of the molecule is Clc1ccccc1-n1nc(-c2ccc(Br)cc2)cc1-c1ccc(Br)cc1. The van der Waals surface area contributed by atoms with E-state index in [9.17, 15) is 0 Å². The molecular formula is C21H13Br2ClN2. The minimum Gasteiger partial charge on any atom is -0.231 e. The molecule has 0 saturated heterocycles. The Morgan fingerprint density at radius 2 is 1.31 bits per heavy atom. The number of halogens is 3. The molecule has 128 valence electrons. The molecule has 3 aromatic carbocycles. The average Bonchev–Trinajstić information content (AvgIpc) is 3.08. The summed E-state index contributed by atoms with van der Waals surface area (Å²) in [6, 6.07) is 26.2. The molecule has 0 radical (unpaired) electrons. The lowest BCUT2D eigenvalue weighted by molar-refractivity contribution is 0.892. The van der Waals surface area contributed by atoms with E-state index in [1.807, 2.05) is 53.2 Å². The molecule has 4 rings (SSSR count). The summed E-state index contributed by atoms with van der Waals surface area (Å²) < 4.78 is 3.99. The second kappa shape index (κ2) is 7.39. The minimum absolute atomic E-state index is 0.663. The van der Waals surface area contributed by atoms with Crippen molar-refractivity contribution in [3.05, 3.63) is 92.8 Å². The quantitative estimate of drug-likeness (QED) is 0.294. The van der Waals surface area contributed by atoms with Gasteiger partial charge in [0, 0.05) is 20.1 Å². The summed E-state index contributed by atoms with van der Waals surface area (Å²) in [7, 11) is 0. The molecule has 0 aliphatic rings. The maximum atomic E-state index is 6.44. The van der Waals surface area contributed by atoms with Crippen LogP contribution in [0.5, 0.6) is 0 Å². The molecule has 0 saturated carbocycles. The second-order valence-electron chi connectivity index (χ2n) is 5.79. The first kappa shape index (κ1) is 17.5. The smallest absolute Gasteiger partial charge is 0.0934 e.